The second-order valence-electron chi connectivity index (χ2n) is 5.75. The quantitative estimate of drug-likeness (QED) is 0.508. The molecular formula is C17H14O3S3. The molecule has 0 fully saturated rings. The van der Waals surface area contributed by atoms with Crippen molar-refractivity contribution in [3.63, 3.8) is 0 Å². The summed E-state index contributed by atoms with van der Waals surface area (Å²) < 4.78 is 0. The molecule has 0 saturated carbocycles. The Labute approximate surface area is 145 Å². The Bertz CT molecular complexity index is 879. The molecule has 6 heteroatoms. The van der Waals surface area contributed by atoms with E-state index >= 15 is 0 Å². The molecule has 0 radical (unpaired) electrons. The van der Waals surface area contributed by atoms with E-state index in [1.165, 1.54) is 22.7 Å². The van der Waals surface area contributed by atoms with Gasteiger partial charge in [0, 0.05) is 31.3 Å². The molecule has 3 heterocycles. The average Bonchev–Trinajstić information content (AvgIpc) is 3.20. The summed E-state index contributed by atoms with van der Waals surface area (Å²) in [5.41, 5.74) is 1.25. The first kappa shape index (κ1) is 15.2. The number of hydrogen-bond donors (Lipinski definition) is 1. The molecule has 1 N–H and O–H groups in total. The topological polar surface area (TPSA) is 46.5 Å². The van der Waals surface area contributed by atoms with E-state index in [0.29, 0.717) is 9.75 Å². The number of hydrogen-bond acceptors (Lipinski definition) is 6. The van der Waals surface area contributed by atoms with Crippen molar-refractivity contribution in [2.24, 2.45) is 0 Å². The molecule has 4 rings (SSSR count). The molecular weight excluding hydrogens is 348 g/mol. The number of rotatable bonds is 2. The highest BCUT2D eigenvalue weighted by Gasteiger charge is 2.49. The van der Waals surface area contributed by atoms with Gasteiger partial charge in [0.15, 0.2) is 5.60 Å². The SMILES string of the molecule is Cc1cc(C2(OO)c3cc(C)sc3C(=O)c3sc(C)cc32)cs1. The number of thiophene rings is 3. The van der Waals surface area contributed by atoms with Crippen molar-refractivity contribution in [1.82, 2.24) is 0 Å². The molecule has 1 aliphatic rings. The van der Waals surface area contributed by atoms with Gasteiger partial charge in [-0.1, -0.05) is 0 Å². The molecule has 23 heavy (non-hydrogen) atoms. The predicted octanol–water partition coefficient (Wildman–Crippen LogP) is 5.12. The fourth-order valence-electron chi connectivity index (χ4n) is 3.23. The molecule has 0 bridgehead atoms. The van der Waals surface area contributed by atoms with E-state index in [2.05, 4.69) is 0 Å². The third-order valence-corrected chi connectivity index (χ3v) is 7.12. The maximum atomic E-state index is 12.9. The summed E-state index contributed by atoms with van der Waals surface area (Å²) in [5.74, 6) is 0.0332. The zero-order valence-electron chi connectivity index (χ0n) is 12.8. The second-order valence-corrected chi connectivity index (χ2v) is 9.38. The Balaban J connectivity index is 2.12. The Morgan fingerprint density at radius 2 is 1.52 bits per heavy atom. The van der Waals surface area contributed by atoms with Gasteiger partial charge in [0.05, 0.1) is 9.75 Å². The summed E-state index contributed by atoms with van der Waals surface area (Å²) in [6, 6.07) is 5.93. The average molecular weight is 362 g/mol. The first-order valence-electron chi connectivity index (χ1n) is 7.12. The molecule has 3 nitrogen and oxygen atoms in total. The second kappa shape index (κ2) is 5.09. The van der Waals surface area contributed by atoms with Crippen molar-refractivity contribution < 1.29 is 14.9 Å². The van der Waals surface area contributed by atoms with Gasteiger partial charge in [-0.05, 0) is 44.4 Å². The van der Waals surface area contributed by atoms with E-state index in [1.807, 2.05) is 44.4 Å². The molecule has 0 amide bonds. The van der Waals surface area contributed by atoms with Gasteiger partial charge in [-0.3, -0.25) is 10.1 Å². The smallest absolute Gasteiger partial charge is 0.213 e. The van der Waals surface area contributed by atoms with Crippen LogP contribution in [0.15, 0.2) is 23.6 Å². The zero-order valence-corrected chi connectivity index (χ0v) is 15.2. The summed E-state index contributed by atoms with van der Waals surface area (Å²) >= 11 is 4.53. The largest absolute Gasteiger partial charge is 0.287 e. The van der Waals surface area contributed by atoms with Gasteiger partial charge >= 0.3 is 0 Å². The molecule has 118 valence electrons. The van der Waals surface area contributed by atoms with Crippen LogP contribution in [0.25, 0.3) is 0 Å². The highest BCUT2D eigenvalue weighted by atomic mass is 32.1. The number of carbonyl (C=O) groups is 1. The molecule has 0 aromatic carbocycles. The lowest BCUT2D eigenvalue weighted by molar-refractivity contribution is -0.302. The lowest BCUT2D eigenvalue weighted by Crippen LogP contribution is -2.36. The highest BCUT2D eigenvalue weighted by Crippen LogP contribution is 2.51. The Morgan fingerprint density at radius 1 is 0.957 bits per heavy atom. The number of fused-ring (bicyclic) bond motifs is 2. The number of ketones is 1. The zero-order chi connectivity index (χ0) is 16.4. The molecule has 1 aliphatic carbocycles. The van der Waals surface area contributed by atoms with E-state index in [-0.39, 0.29) is 5.78 Å². The van der Waals surface area contributed by atoms with Crippen molar-refractivity contribution >= 4 is 39.8 Å². The van der Waals surface area contributed by atoms with Crippen LogP contribution in [0.5, 0.6) is 0 Å². The van der Waals surface area contributed by atoms with E-state index in [1.54, 1.807) is 11.3 Å². The van der Waals surface area contributed by atoms with E-state index < -0.39 is 5.60 Å². The first-order valence-corrected chi connectivity index (χ1v) is 9.63. The normalized spacial score (nSPS) is 15.6. The van der Waals surface area contributed by atoms with Crippen molar-refractivity contribution in [3.8, 4) is 0 Å². The van der Waals surface area contributed by atoms with Crippen LogP contribution in [0.1, 0.15) is 45.9 Å². The van der Waals surface area contributed by atoms with E-state index in [9.17, 15) is 10.1 Å². The van der Waals surface area contributed by atoms with E-state index in [0.717, 1.165) is 31.3 Å². The van der Waals surface area contributed by atoms with Crippen LogP contribution in [0.2, 0.25) is 0 Å². The van der Waals surface area contributed by atoms with Gasteiger partial charge in [-0.2, -0.15) is 0 Å². The maximum absolute atomic E-state index is 12.9. The highest BCUT2D eigenvalue weighted by molar-refractivity contribution is 7.18. The molecule has 3 aromatic heterocycles. The molecule has 0 aliphatic heterocycles. The summed E-state index contributed by atoms with van der Waals surface area (Å²) in [5, 5.41) is 12.0. The third-order valence-electron chi connectivity index (χ3n) is 4.16. The standard InChI is InChI=1S/C17H14O3S3/c1-8-4-11(7-21-8)17(20-19)12-5-9(2)22-15(12)14(18)16-13(17)6-10(3)23-16/h4-7,19H,1-3H3. The van der Waals surface area contributed by atoms with Crippen LogP contribution in [0.4, 0.5) is 0 Å². The summed E-state index contributed by atoms with van der Waals surface area (Å²) in [4.78, 5) is 22.6. The summed E-state index contributed by atoms with van der Waals surface area (Å²) in [7, 11) is 0. The van der Waals surface area contributed by atoms with Crippen molar-refractivity contribution in [2.45, 2.75) is 26.4 Å². The fourth-order valence-corrected chi connectivity index (χ4v) is 6.05. The molecule has 0 atom stereocenters. The minimum Gasteiger partial charge on any atom is -0.287 e. The predicted molar refractivity (Wildman–Crippen MR) is 94.2 cm³/mol. The third kappa shape index (κ3) is 1.96. The molecule has 0 spiro atoms. The molecule has 0 unspecified atom stereocenters. The van der Waals surface area contributed by atoms with Crippen LogP contribution in [-0.4, -0.2) is 11.0 Å². The van der Waals surface area contributed by atoms with Crippen molar-refractivity contribution in [3.05, 3.63) is 64.7 Å². The monoisotopic (exact) mass is 362 g/mol. The lowest BCUT2D eigenvalue weighted by Gasteiger charge is -2.33. The minimum absolute atomic E-state index is 0.0332. The number of aryl methyl sites for hydroxylation is 3. The fraction of sp³-hybridized carbons (Fsp3) is 0.235. The first-order chi connectivity index (χ1) is 11.0. The van der Waals surface area contributed by atoms with Gasteiger partial charge in [0.25, 0.3) is 0 Å². The Kier molecular flexibility index (Phi) is 3.37. The van der Waals surface area contributed by atoms with Gasteiger partial charge in [0.1, 0.15) is 0 Å². The van der Waals surface area contributed by atoms with Crippen molar-refractivity contribution in [2.75, 3.05) is 0 Å². The lowest BCUT2D eigenvalue weighted by atomic mass is 9.77. The summed E-state index contributed by atoms with van der Waals surface area (Å²) in [6.45, 7) is 5.96. The maximum Gasteiger partial charge on any atom is 0.213 e. The van der Waals surface area contributed by atoms with Crippen molar-refractivity contribution in [1.29, 1.82) is 0 Å². The summed E-state index contributed by atoms with van der Waals surface area (Å²) in [6.07, 6.45) is 0. The van der Waals surface area contributed by atoms with Gasteiger partial charge in [0.2, 0.25) is 5.78 Å². The van der Waals surface area contributed by atoms with Crippen LogP contribution in [0.3, 0.4) is 0 Å². The molecule has 3 aromatic rings. The van der Waals surface area contributed by atoms with Crippen LogP contribution >= 0.6 is 34.0 Å². The van der Waals surface area contributed by atoms with Gasteiger partial charge in [-0.25, -0.2) is 4.89 Å². The Hall–Kier alpha value is -1.31. The van der Waals surface area contributed by atoms with Crippen LogP contribution in [-0.2, 0) is 10.5 Å². The van der Waals surface area contributed by atoms with Crippen LogP contribution < -0.4 is 0 Å². The number of carbonyl (C=O) groups excluding carboxylic acids is 1. The van der Waals surface area contributed by atoms with Crippen LogP contribution in [0, 0.1) is 20.8 Å². The van der Waals surface area contributed by atoms with Gasteiger partial charge in [-0.15, -0.1) is 34.0 Å². The minimum atomic E-state index is -1.11. The Morgan fingerprint density at radius 3 is 1.96 bits per heavy atom. The molecule has 0 saturated heterocycles. The van der Waals surface area contributed by atoms with E-state index in [4.69, 9.17) is 4.89 Å². The van der Waals surface area contributed by atoms with Gasteiger partial charge < -0.3 is 0 Å².